The van der Waals surface area contributed by atoms with Gasteiger partial charge in [0, 0.05) is 5.75 Å². The number of rotatable bonds is 3. The van der Waals surface area contributed by atoms with Crippen molar-refractivity contribution < 1.29 is 17.9 Å². The van der Waals surface area contributed by atoms with Crippen LogP contribution in [0.1, 0.15) is 13.8 Å². The van der Waals surface area contributed by atoms with Crippen LogP contribution in [0.5, 0.6) is 0 Å². The summed E-state index contributed by atoms with van der Waals surface area (Å²) in [5, 5.41) is 0. The molecule has 1 N–H and O–H groups in total. The molecule has 0 aromatic carbocycles. The number of nitrogens with one attached hydrogen (secondary N) is 1. The van der Waals surface area contributed by atoms with Gasteiger partial charge in [0.15, 0.2) is 0 Å². The standard InChI is InChI=1S/C8H13NO4S2/c1-3-15(11,12)9-8(10)7-6(2)13-4-5-14-7/h3-5H2,1-2H3,(H,9,10). The van der Waals surface area contributed by atoms with Gasteiger partial charge in [0.25, 0.3) is 5.91 Å². The van der Waals surface area contributed by atoms with Crippen molar-refractivity contribution in [2.24, 2.45) is 0 Å². The highest BCUT2D eigenvalue weighted by molar-refractivity contribution is 8.04. The second kappa shape index (κ2) is 4.89. The van der Waals surface area contributed by atoms with Gasteiger partial charge in [-0.15, -0.1) is 11.8 Å². The van der Waals surface area contributed by atoms with Crippen molar-refractivity contribution in [3.05, 3.63) is 10.7 Å². The van der Waals surface area contributed by atoms with Crippen LogP contribution in [-0.2, 0) is 19.6 Å². The van der Waals surface area contributed by atoms with Crippen LogP contribution in [0.3, 0.4) is 0 Å². The molecule has 0 aromatic heterocycles. The molecule has 0 fully saturated rings. The second-order valence-electron chi connectivity index (χ2n) is 2.92. The van der Waals surface area contributed by atoms with Gasteiger partial charge < -0.3 is 4.74 Å². The van der Waals surface area contributed by atoms with Crippen molar-refractivity contribution in [3.8, 4) is 0 Å². The minimum absolute atomic E-state index is 0.114. The summed E-state index contributed by atoms with van der Waals surface area (Å²) in [6.07, 6.45) is 0. The Morgan fingerprint density at radius 2 is 2.27 bits per heavy atom. The number of thioether (sulfide) groups is 1. The zero-order valence-electron chi connectivity index (χ0n) is 8.57. The average molecular weight is 251 g/mol. The predicted octanol–water partition coefficient (Wildman–Crippen LogP) is 0.447. The maximum absolute atomic E-state index is 11.5. The van der Waals surface area contributed by atoms with Gasteiger partial charge in [-0.05, 0) is 13.8 Å². The molecule has 0 radical (unpaired) electrons. The van der Waals surface area contributed by atoms with Crippen LogP contribution in [0.15, 0.2) is 10.7 Å². The van der Waals surface area contributed by atoms with E-state index in [1.165, 1.54) is 18.7 Å². The fourth-order valence-corrected chi connectivity index (χ4v) is 2.40. The van der Waals surface area contributed by atoms with Crippen molar-refractivity contribution in [2.45, 2.75) is 13.8 Å². The van der Waals surface area contributed by atoms with Gasteiger partial charge in [-0.25, -0.2) is 13.1 Å². The molecule has 0 saturated heterocycles. The molecule has 0 atom stereocenters. The van der Waals surface area contributed by atoms with Gasteiger partial charge in [0.1, 0.15) is 10.7 Å². The Balaban J connectivity index is 2.77. The van der Waals surface area contributed by atoms with Crippen LogP contribution in [0, 0.1) is 0 Å². The first kappa shape index (κ1) is 12.4. The third-order valence-corrected chi connectivity index (χ3v) is 4.19. The summed E-state index contributed by atoms with van der Waals surface area (Å²) in [4.78, 5) is 11.9. The number of sulfonamides is 1. The molecule has 7 heteroatoms. The largest absolute Gasteiger partial charge is 0.496 e. The Labute approximate surface area is 93.3 Å². The van der Waals surface area contributed by atoms with E-state index in [0.717, 1.165) is 0 Å². The first-order chi connectivity index (χ1) is 6.96. The maximum Gasteiger partial charge on any atom is 0.274 e. The highest BCUT2D eigenvalue weighted by Crippen LogP contribution is 2.25. The van der Waals surface area contributed by atoms with Crippen LogP contribution in [0.2, 0.25) is 0 Å². The first-order valence-electron chi connectivity index (χ1n) is 4.47. The number of hydrogen-bond donors (Lipinski definition) is 1. The van der Waals surface area contributed by atoms with E-state index in [1.807, 2.05) is 4.72 Å². The van der Waals surface area contributed by atoms with Gasteiger partial charge in [0.2, 0.25) is 10.0 Å². The molecule has 1 aliphatic rings. The number of hydrogen-bond acceptors (Lipinski definition) is 5. The summed E-state index contributed by atoms with van der Waals surface area (Å²) in [5.74, 6) is 0.428. The summed E-state index contributed by atoms with van der Waals surface area (Å²) in [6, 6.07) is 0. The molecule has 15 heavy (non-hydrogen) atoms. The monoisotopic (exact) mass is 251 g/mol. The molecule has 0 bridgehead atoms. The number of allylic oxidation sites excluding steroid dienone is 1. The lowest BCUT2D eigenvalue weighted by Gasteiger charge is -2.17. The smallest absolute Gasteiger partial charge is 0.274 e. The Kier molecular flexibility index (Phi) is 4.04. The van der Waals surface area contributed by atoms with E-state index < -0.39 is 15.9 Å². The Bertz CT molecular complexity index is 385. The minimum atomic E-state index is -3.49. The van der Waals surface area contributed by atoms with E-state index in [2.05, 4.69) is 0 Å². The molecular weight excluding hydrogens is 238 g/mol. The van der Waals surface area contributed by atoms with Crippen molar-refractivity contribution in [3.63, 3.8) is 0 Å². The van der Waals surface area contributed by atoms with Gasteiger partial charge in [-0.3, -0.25) is 4.79 Å². The molecule has 86 valence electrons. The Morgan fingerprint density at radius 1 is 1.60 bits per heavy atom. The molecule has 0 spiro atoms. The van der Waals surface area contributed by atoms with E-state index in [4.69, 9.17) is 4.74 Å². The van der Waals surface area contributed by atoms with Gasteiger partial charge in [-0.1, -0.05) is 0 Å². The zero-order chi connectivity index (χ0) is 11.5. The normalized spacial score (nSPS) is 17.2. The Hall–Kier alpha value is -0.690. The summed E-state index contributed by atoms with van der Waals surface area (Å²) in [5.41, 5.74) is 0. The van der Waals surface area contributed by atoms with E-state index in [1.54, 1.807) is 6.92 Å². The molecule has 1 heterocycles. The van der Waals surface area contributed by atoms with E-state index in [-0.39, 0.29) is 5.75 Å². The summed E-state index contributed by atoms with van der Waals surface area (Å²) in [6.45, 7) is 3.68. The predicted molar refractivity (Wildman–Crippen MR) is 58.7 cm³/mol. The van der Waals surface area contributed by atoms with Gasteiger partial charge >= 0.3 is 0 Å². The van der Waals surface area contributed by atoms with E-state index >= 15 is 0 Å². The number of ether oxygens (including phenoxy) is 1. The van der Waals surface area contributed by atoms with Crippen LogP contribution >= 0.6 is 11.8 Å². The van der Waals surface area contributed by atoms with Gasteiger partial charge in [-0.2, -0.15) is 0 Å². The molecule has 1 amide bonds. The van der Waals surface area contributed by atoms with Crippen molar-refractivity contribution >= 4 is 27.7 Å². The molecule has 0 saturated carbocycles. The lowest BCUT2D eigenvalue weighted by Crippen LogP contribution is -2.33. The quantitative estimate of drug-likeness (QED) is 0.788. The number of amides is 1. The van der Waals surface area contributed by atoms with E-state index in [0.29, 0.717) is 23.0 Å². The Morgan fingerprint density at radius 3 is 2.80 bits per heavy atom. The van der Waals surface area contributed by atoms with Crippen LogP contribution < -0.4 is 4.72 Å². The molecule has 1 rings (SSSR count). The number of carbonyl (C=O) groups is 1. The van der Waals surface area contributed by atoms with Crippen molar-refractivity contribution in [1.29, 1.82) is 0 Å². The lowest BCUT2D eigenvalue weighted by molar-refractivity contribution is -0.115. The minimum Gasteiger partial charge on any atom is -0.496 e. The molecule has 0 aliphatic carbocycles. The third kappa shape index (κ3) is 3.42. The summed E-state index contributed by atoms with van der Waals surface area (Å²) >= 11 is 1.31. The molecular formula is C8H13NO4S2. The van der Waals surface area contributed by atoms with Crippen molar-refractivity contribution in [1.82, 2.24) is 4.72 Å². The molecule has 1 aliphatic heterocycles. The lowest BCUT2D eigenvalue weighted by atomic mass is 10.4. The maximum atomic E-state index is 11.5. The van der Waals surface area contributed by atoms with Crippen LogP contribution in [0.25, 0.3) is 0 Å². The summed E-state index contributed by atoms with van der Waals surface area (Å²) < 4.78 is 29.5. The topological polar surface area (TPSA) is 72.5 Å². The fourth-order valence-electron chi connectivity index (χ4n) is 0.991. The van der Waals surface area contributed by atoms with E-state index in [9.17, 15) is 13.2 Å². The van der Waals surface area contributed by atoms with Crippen molar-refractivity contribution in [2.75, 3.05) is 18.1 Å². The highest BCUT2D eigenvalue weighted by Gasteiger charge is 2.22. The SMILES string of the molecule is CCS(=O)(=O)NC(=O)C1=C(C)OCCS1. The van der Waals surface area contributed by atoms with Gasteiger partial charge in [0.05, 0.1) is 12.4 Å². The second-order valence-corrected chi connectivity index (χ2v) is 6.03. The molecule has 5 nitrogen and oxygen atoms in total. The fraction of sp³-hybridized carbons (Fsp3) is 0.625. The van der Waals surface area contributed by atoms with Crippen LogP contribution in [-0.4, -0.2) is 32.4 Å². The van der Waals surface area contributed by atoms with Crippen LogP contribution in [0.4, 0.5) is 0 Å². The first-order valence-corrected chi connectivity index (χ1v) is 7.11. The number of carbonyl (C=O) groups excluding carboxylic acids is 1. The highest BCUT2D eigenvalue weighted by atomic mass is 32.2. The third-order valence-electron chi connectivity index (χ3n) is 1.80. The molecule has 0 unspecified atom stereocenters. The average Bonchev–Trinajstić information content (AvgIpc) is 2.17. The zero-order valence-corrected chi connectivity index (χ0v) is 10.2. The summed E-state index contributed by atoms with van der Waals surface area (Å²) in [7, 11) is -3.49. The molecule has 0 aromatic rings.